The summed E-state index contributed by atoms with van der Waals surface area (Å²) in [6.07, 6.45) is 9.83. The third-order valence-electron chi connectivity index (χ3n) is 12.4. The molecular weight excluding hydrogens is 673 g/mol. The second-order valence-electron chi connectivity index (χ2n) is 18.3. The first kappa shape index (κ1) is 41.5. The van der Waals surface area contributed by atoms with Crippen LogP contribution in [-0.2, 0) is 34.3 Å². The summed E-state index contributed by atoms with van der Waals surface area (Å²) in [5, 5.41) is 0.114. The topological polar surface area (TPSA) is 80.3 Å². The van der Waals surface area contributed by atoms with Gasteiger partial charge in [0.05, 0.1) is 18.6 Å². The highest BCUT2D eigenvalue weighted by Gasteiger charge is 2.47. The molecule has 1 aromatic carbocycles. The van der Waals surface area contributed by atoms with Crippen LogP contribution in [0.3, 0.4) is 0 Å². The summed E-state index contributed by atoms with van der Waals surface area (Å²) in [4.78, 5) is 26.9. The number of esters is 2. The first-order chi connectivity index (χ1) is 23.7. The fraction of sp³-hybridized carbons (Fsp3) is 0.714. The van der Waals surface area contributed by atoms with Gasteiger partial charge in [-0.15, -0.1) is 0 Å². The smallest absolute Gasteiger partial charge is 0.347 e. The molecule has 286 valence electrons. The summed E-state index contributed by atoms with van der Waals surface area (Å²) in [6, 6.07) is 7.92. The van der Waals surface area contributed by atoms with Crippen molar-refractivity contribution in [1.82, 2.24) is 0 Å². The summed E-state index contributed by atoms with van der Waals surface area (Å²) >= 11 is 0. The lowest BCUT2D eigenvalue weighted by atomic mass is 9.66. The first-order valence-corrected chi connectivity index (χ1v) is 25.4. The average Bonchev–Trinajstić information content (AvgIpc) is 3.01. The van der Waals surface area contributed by atoms with E-state index in [4.69, 9.17) is 23.1 Å². The molecule has 3 aliphatic rings. The van der Waals surface area contributed by atoms with Crippen LogP contribution in [0.5, 0.6) is 5.75 Å². The summed E-state index contributed by atoms with van der Waals surface area (Å²) in [6.45, 7) is 28.8. The van der Waals surface area contributed by atoms with Crippen LogP contribution in [0, 0.1) is 17.8 Å². The number of cyclic esters (lactones) is 1. The maximum absolute atomic E-state index is 14.0. The van der Waals surface area contributed by atoms with Crippen LogP contribution in [-0.4, -0.2) is 59.1 Å². The van der Waals surface area contributed by atoms with Crippen LogP contribution in [0.2, 0.25) is 36.3 Å². The van der Waals surface area contributed by atoms with Crippen molar-refractivity contribution < 1.29 is 32.7 Å². The van der Waals surface area contributed by atoms with Gasteiger partial charge >= 0.3 is 11.9 Å². The lowest BCUT2D eigenvalue weighted by molar-refractivity contribution is -0.164. The van der Waals surface area contributed by atoms with Crippen molar-refractivity contribution in [1.29, 1.82) is 0 Å². The second-order valence-corrected chi connectivity index (χ2v) is 27.8. The molecule has 0 radical (unpaired) electrons. The highest BCUT2D eigenvalue weighted by Crippen LogP contribution is 2.47. The molecule has 1 heterocycles. The van der Waals surface area contributed by atoms with Crippen molar-refractivity contribution >= 4 is 28.6 Å². The van der Waals surface area contributed by atoms with Gasteiger partial charge in [-0.2, -0.15) is 0 Å². The summed E-state index contributed by atoms with van der Waals surface area (Å²) in [7, 11) is -4.15. The molecule has 1 fully saturated rings. The quantitative estimate of drug-likeness (QED) is 0.147. The average molecular weight is 741 g/mol. The van der Waals surface area contributed by atoms with Crippen LogP contribution in [0.25, 0.3) is 0 Å². The Morgan fingerprint density at radius 1 is 0.941 bits per heavy atom. The first-order valence-electron chi connectivity index (χ1n) is 19.6. The second kappa shape index (κ2) is 16.4. The minimum Gasteiger partial charge on any atom is -0.478 e. The molecule has 0 amide bonds. The number of carbonyl (C=O) groups excluding carboxylic acids is 2. The maximum Gasteiger partial charge on any atom is 0.347 e. The minimum atomic E-state index is -2.11. The van der Waals surface area contributed by atoms with Gasteiger partial charge in [-0.3, -0.25) is 4.79 Å². The monoisotopic (exact) mass is 740 g/mol. The molecule has 0 aromatic heterocycles. The highest BCUT2D eigenvalue weighted by molar-refractivity contribution is 6.74. The van der Waals surface area contributed by atoms with Crippen molar-refractivity contribution in [3.8, 4) is 5.75 Å². The van der Waals surface area contributed by atoms with E-state index in [2.05, 4.69) is 99.8 Å². The molecule has 1 aliphatic heterocycles. The van der Waals surface area contributed by atoms with Crippen LogP contribution >= 0.6 is 0 Å². The normalized spacial score (nSPS) is 28.0. The summed E-state index contributed by atoms with van der Waals surface area (Å²) in [5.41, 5.74) is 2.25. The van der Waals surface area contributed by atoms with Crippen LogP contribution < -0.4 is 4.74 Å². The SMILES string of the molecule is CCc1ccccc1OC(CC)C(=O)O[C@H]1C[C@H](O[Si](C)(C)C(C)(C)C)C=C2C=C[C@H](C)[C@H](CC[C@@H]3C[C@@H](O[Si](C)(C)C(C)(C)C)CC(=O)O3)[C@H]21. The Balaban J connectivity index is 1.58. The lowest BCUT2D eigenvalue weighted by Crippen LogP contribution is -2.49. The predicted octanol–water partition coefficient (Wildman–Crippen LogP) is 10.4. The fourth-order valence-corrected chi connectivity index (χ4v) is 9.92. The zero-order valence-corrected chi connectivity index (χ0v) is 36.0. The van der Waals surface area contributed by atoms with E-state index in [-0.39, 0.29) is 64.2 Å². The molecule has 0 saturated carbocycles. The van der Waals surface area contributed by atoms with Crippen molar-refractivity contribution in [2.75, 3.05) is 0 Å². The number of aryl methyl sites for hydroxylation is 1. The zero-order chi connectivity index (χ0) is 37.9. The molecule has 51 heavy (non-hydrogen) atoms. The molecule has 1 unspecified atom stereocenters. The van der Waals surface area contributed by atoms with E-state index >= 15 is 0 Å². The summed E-state index contributed by atoms with van der Waals surface area (Å²) < 4.78 is 32.5. The number of ether oxygens (including phenoxy) is 3. The van der Waals surface area contributed by atoms with Gasteiger partial charge in [0.25, 0.3) is 0 Å². The molecule has 0 bridgehead atoms. The van der Waals surface area contributed by atoms with Gasteiger partial charge in [0.2, 0.25) is 0 Å². The van der Waals surface area contributed by atoms with Gasteiger partial charge in [-0.05, 0) is 91.0 Å². The minimum absolute atomic E-state index is 0.00669. The molecule has 2 aliphatic carbocycles. The van der Waals surface area contributed by atoms with Gasteiger partial charge in [0.15, 0.2) is 22.7 Å². The predicted molar refractivity (Wildman–Crippen MR) is 211 cm³/mol. The maximum atomic E-state index is 14.0. The number of para-hydroxylation sites is 1. The number of rotatable bonds is 13. The van der Waals surface area contributed by atoms with E-state index in [1.54, 1.807) is 0 Å². The number of hydrogen-bond donors (Lipinski definition) is 0. The molecular formula is C42H68O7Si2. The number of allylic oxidation sites excluding steroid dienone is 2. The zero-order valence-electron chi connectivity index (χ0n) is 34.0. The molecule has 9 heteroatoms. The fourth-order valence-electron chi connectivity index (χ4n) is 7.28. The Morgan fingerprint density at radius 2 is 1.59 bits per heavy atom. The lowest BCUT2D eigenvalue weighted by Gasteiger charge is -2.46. The van der Waals surface area contributed by atoms with Crippen LogP contribution in [0.15, 0.2) is 48.1 Å². The van der Waals surface area contributed by atoms with E-state index in [0.717, 1.165) is 37.0 Å². The summed E-state index contributed by atoms with van der Waals surface area (Å²) in [5.74, 6) is 0.713. The number of fused-ring (bicyclic) bond motifs is 1. The standard InChI is InChI=1S/C42H68O7Si2/c1-14-29-18-16-17-19-36(29)46-35(15-2)40(44)47-37-26-32(48-50(10,11)41(4,5)6)24-30-21-20-28(3)34(39(30)37)23-22-31-25-33(27-38(43)45-31)49-51(12,13)42(7,8)9/h16-21,24,28,31-35,37,39H,14-15,22-23,25-27H2,1-13H3/t28-,31+,32+,33+,34-,35?,37-,39-/m0/s1. The van der Waals surface area contributed by atoms with Crippen molar-refractivity contribution in [2.24, 2.45) is 17.8 Å². The van der Waals surface area contributed by atoms with Gasteiger partial charge < -0.3 is 23.1 Å². The Kier molecular flexibility index (Phi) is 13.4. The Morgan fingerprint density at radius 3 is 2.22 bits per heavy atom. The van der Waals surface area contributed by atoms with Crippen molar-refractivity contribution in [3.63, 3.8) is 0 Å². The molecule has 0 spiro atoms. The van der Waals surface area contributed by atoms with E-state index in [1.165, 1.54) is 5.57 Å². The molecule has 8 atom stereocenters. The number of carbonyl (C=O) groups is 2. The van der Waals surface area contributed by atoms with E-state index < -0.39 is 22.7 Å². The third-order valence-corrected chi connectivity index (χ3v) is 21.5. The van der Waals surface area contributed by atoms with E-state index in [0.29, 0.717) is 19.3 Å². The van der Waals surface area contributed by atoms with E-state index in [1.807, 2.05) is 31.2 Å². The van der Waals surface area contributed by atoms with Crippen molar-refractivity contribution in [3.05, 3.63) is 53.6 Å². The highest BCUT2D eigenvalue weighted by atomic mass is 28.4. The largest absolute Gasteiger partial charge is 0.478 e. The van der Waals surface area contributed by atoms with Crippen LogP contribution in [0.4, 0.5) is 0 Å². The van der Waals surface area contributed by atoms with Gasteiger partial charge in [0.1, 0.15) is 18.0 Å². The molecule has 1 aromatic rings. The van der Waals surface area contributed by atoms with E-state index in [9.17, 15) is 9.59 Å². The van der Waals surface area contributed by atoms with Gasteiger partial charge in [0, 0.05) is 18.8 Å². The third kappa shape index (κ3) is 10.3. The number of hydrogen-bond acceptors (Lipinski definition) is 7. The number of benzene rings is 1. The Bertz CT molecular complexity index is 1420. The Labute approximate surface area is 311 Å². The molecule has 1 saturated heterocycles. The van der Waals surface area contributed by atoms with Gasteiger partial charge in [-0.25, -0.2) is 4.79 Å². The van der Waals surface area contributed by atoms with Gasteiger partial charge in [-0.1, -0.05) is 98.7 Å². The Hall–Kier alpha value is -2.21. The molecule has 7 nitrogen and oxygen atoms in total. The van der Waals surface area contributed by atoms with Crippen LogP contribution in [0.1, 0.15) is 106 Å². The molecule has 0 N–H and O–H groups in total. The van der Waals surface area contributed by atoms with Crippen molar-refractivity contribution in [2.45, 2.75) is 174 Å². The molecule has 4 rings (SSSR count).